The van der Waals surface area contributed by atoms with Crippen LogP contribution in [0, 0.1) is 0 Å². The number of fused-ring (bicyclic) bond motifs is 1. The maximum Gasteiger partial charge on any atom is 0.412 e. The van der Waals surface area contributed by atoms with E-state index in [-0.39, 0.29) is 42.6 Å². The number of alkyl halides is 2. The van der Waals surface area contributed by atoms with E-state index >= 15 is 0 Å². The fourth-order valence-corrected chi connectivity index (χ4v) is 3.51. The van der Waals surface area contributed by atoms with Gasteiger partial charge in [-0.25, -0.2) is 24.4 Å². The Morgan fingerprint density at radius 3 is 2.41 bits per heavy atom. The molecular weight excluding hydrogens is 525 g/mol. The van der Waals surface area contributed by atoms with E-state index in [0.717, 1.165) is 5.56 Å². The number of rotatable bonds is 9. The molecule has 14 heteroatoms. The third-order valence-electron chi connectivity index (χ3n) is 4.85. The van der Waals surface area contributed by atoms with Gasteiger partial charge in [0.05, 0.1) is 24.0 Å². The highest BCUT2D eigenvalue weighted by molar-refractivity contribution is 6.18. The van der Waals surface area contributed by atoms with Crippen LogP contribution < -0.4 is 31.3 Å². The SMILES string of the molecule is CCOC(=O)Nc1cc2c(c(NC(=O)NCCCl)n1)N=C(c1ccc(OC(=O)NCCCl)cc1)C(C)N2. The van der Waals surface area contributed by atoms with Gasteiger partial charge in [0.25, 0.3) is 0 Å². The van der Waals surface area contributed by atoms with Crippen LogP contribution >= 0.6 is 23.2 Å². The maximum absolute atomic E-state index is 12.3. The monoisotopic (exact) mass is 551 g/mol. The lowest BCUT2D eigenvalue weighted by atomic mass is 10.0. The molecule has 3 rings (SSSR count). The average molecular weight is 552 g/mol. The van der Waals surface area contributed by atoms with E-state index in [4.69, 9.17) is 37.7 Å². The number of nitrogens with zero attached hydrogens (tertiary/aromatic N) is 2. The second kappa shape index (κ2) is 13.5. The van der Waals surface area contributed by atoms with Crippen molar-refractivity contribution in [3.05, 3.63) is 35.9 Å². The van der Waals surface area contributed by atoms with Crippen molar-refractivity contribution in [3.63, 3.8) is 0 Å². The largest absolute Gasteiger partial charge is 0.450 e. The molecule has 37 heavy (non-hydrogen) atoms. The lowest BCUT2D eigenvalue weighted by Gasteiger charge is -2.26. The van der Waals surface area contributed by atoms with Crippen LogP contribution in [-0.2, 0) is 4.74 Å². The van der Waals surface area contributed by atoms with Gasteiger partial charge in [-0.3, -0.25) is 10.6 Å². The molecule has 0 saturated heterocycles. The Balaban J connectivity index is 1.91. The molecule has 198 valence electrons. The van der Waals surface area contributed by atoms with Crippen LogP contribution in [-0.4, -0.2) is 66.4 Å². The molecule has 12 nitrogen and oxygen atoms in total. The summed E-state index contributed by atoms with van der Waals surface area (Å²) >= 11 is 11.2. The predicted octanol–water partition coefficient (Wildman–Crippen LogP) is 4.27. The van der Waals surface area contributed by atoms with Gasteiger partial charge in [0.1, 0.15) is 17.3 Å². The lowest BCUT2D eigenvalue weighted by Crippen LogP contribution is -2.32. The van der Waals surface area contributed by atoms with Crippen LogP contribution in [0.5, 0.6) is 5.75 Å². The van der Waals surface area contributed by atoms with Crippen molar-refractivity contribution in [3.8, 4) is 5.75 Å². The number of pyridine rings is 1. The summed E-state index contributed by atoms with van der Waals surface area (Å²) in [5.74, 6) is 1.14. The molecule has 2 aromatic rings. The highest BCUT2D eigenvalue weighted by atomic mass is 35.5. The first-order chi connectivity index (χ1) is 17.8. The zero-order valence-corrected chi connectivity index (χ0v) is 21.7. The minimum Gasteiger partial charge on any atom is -0.450 e. The van der Waals surface area contributed by atoms with Gasteiger partial charge in [0.2, 0.25) is 0 Å². The van der Waals surface area contributed by atoms with Gasteiger partial charge in [-0.1, -0.05) is 0 Å². The number of ether oxygens (including phenoxy) is 2. The van der Waals surface area contributed by atoms with Crippen molar-refractivity contribution < 1.29 is 23.9 Å². The summed E-state index contributed by atoms with van der Waals surface area (Å²) in [7, 11) is 0. The molecule has 1 aromatic heterocycles. The average Bonchev–Trinajstić information content (AvgIpc) is 2.86. The zero-order chi connectivity index (χ0) is 26.8. The molecule has 1 aliphatic rings. The van der Waals surface area contributed by atoms with Crippen LogP contribution in [0.25, 0.3) is 0 Å². The Kier molecular flexibility index (Phi) is 10.2. The van der Waals surface area contributed by atoms with Gasteiger partial charge >= 0.3 is 18.2 Å². The third kappa shape index (κ3) is 7.86. The van der Waals surface area contributed by atoms with Crippen LogP contribution in [0.1, 0.15) is 19.4 Å². The number of amides is 4. The van der Waals surface area contributed by atoms with Crippen molar-refractivity contribution in [1.29, 1.82) is 0 Å². The van der Waals surface area contributed by atoms with E-state index < -0.39 is 18.2 Å². The van der Waals surface area contributed by atoms with E-state index in [1.165, 1.54) is 0 Å². The molecule has 5 N–H and O–H groups in total. The van der Waals surface area contributed by atoms with Crippen molar-refractivity contribution in [2.24, 2.45) is 4.99 Å². The number of carbonyl (C=O) groups is 3. The second-order valence-corrected chi connectivity index (χ2v) is 8.32. The Morgan fingerprint density at radius 2 is 1.73 bits per heavy atom. The van der Waals surface area contributed by atoms with Gasteiger partial charge in [0.15, 0.2) is 5.82 Å². The third-order valence-corrected chi connectivity index (χ3v) is 5.23. The lowest BCUT2D eigenvalue weighted by molar-refractivity contribution is 0.168. The van der Waals surface area contributed by atoms with Crippen LogP contribution in [0.4, 0.5) is 37.4 Å². The molecule has 0 aliphatic carbocycles. The number of halogens is 2. The Hall–Kier alpha value is -3.77. The normalized spacial score (nSPS) is 13.8. The van der Waals surface area contributed by atoms with Gasteiger partial charge in [-0.2, -0.15) is 0 Å². The summed E-state index contributed by atoms with van der Waals surface area (Å²) in [5.41, 5.74) is 2.32. The zero-order valence-electron chi connectivity index (χ0n) is 20.2. The molecule has 0 fully saturated rings. The Bertz CT molecular complexity index is 1160. The first-order valence-electron chi connectivity index (χ1n) is 11.4. The molecule has 0 saturated carbocycles. The number of nitrogens with one attached hydrogen (secondary N) is 5. The Labute approximate surface area is 223 Å². The summed E-state index contributed by atoms with van der Waals surface area (Å²) < 4.78 is 10.1. The quantitative estimate of drug-likeness (QED) is 0.291. The Morgan fingerprint density at radius 1 is 1.03 bits per heavy atom. The first kappa shape index (κ1) is 27.8. The van der Waals surface area contributed by atoms with E-state index in [2.05, 4.69) is 31.6 Å². The van der Waals surface area contributed by atoms with Crippen LogP contribution in [0.3, 0.4) is 0 Å². The molecule has 2 heterocycles. The van der Waals surface area contributed by atoms with Gasteiger partial charge < -0.3 is 25.4 Å². The molecule has 0 radical (unpaired) electrons. The highest BCUT2D eigenvalue weighted by Crippen LogP contribution is 2.39. The summed E-state index contributed by atoms with van der Waals surface area (Å²) in [6.45, 7) is 4.32. The molecule has 1 aromatic carbocycles. The topological polar surface area (TPSA) is 155 Å². The van der Waals surface area contributed by atoms with Gasteiger partial charge in [0, 0.05) is 30.9 Å². The number of urea groups is 1. The van der Waals surface area contributed by atoms with Gasteiger partial charge in [-0.15, -0.1) is 23.2 Å². The number of benzene rings is 1. The molecule has 1 atom stereocenters. The van der Waals surface area contributed by atoms with Crippen molar-refractivity contribution in [2.75, 3.05) is 47.4 Å². The smallest absolute Gasteiger partial charge is 0.412 e. The van der Waals surface area contributed by atoms with E-state index in [1.807, 2.05) is 6.92 Å². The number of aliphatic imine (C=N–C) groups is 1. The molecule has 0 bridgehead atoms. The number of hydrogen-bond acceptors (Lipinski definition) is 8. The summed E-state index contributed by atoms with van der Waals surface area (Å²) in [6, 6.07) is 7.62. The van der Waals surface area contributed by atoms with E-state index in [0.29, 0.717) is 29.4 Å². The number of aromatic nitrogens is 1. The number of anilines is 3. The standard InChI is InChI=1S/C23H27Cl2N7O5/c1-3-36-23(35)30-17-12-16-19(20(29-17)32-21(33)26-10-8-24)31-18(13(2)28-16)14-4-6-15(7-5-14)37-22(34)27-11-9-25/h4-7,12-13,28H,3,8-11H2,1-2H3,(H,27,34)(H3,26,29,30,32,33,35). The summed E-state index contributed by atoms with van der Waals surface area (Å²) in [4.78, 5) is 45.1. The summed E-state index contributed by atoms with van der Waals surface area (Å²) in [6.07, 6.45) is -1.28. The van der Waals surface area contributed by atoms with Crippen LogP contribution in [0.15, 0.2) is 35.3 Å². The van der Waals surface area contributed by atoms with Crippen molar-refractivity contribution in [1.82, 2.24) is 15.6 Å². The molecule has 1 aliphatic heterocycles. The van der Waals surface area contributed by atoms with E-state index in [1.54, 1.807) is 37.3 Å². The van der Waals surface area contributed by atoms with Gasteiger partial charge in [-0.05, 0) is 43.7 Å². The molecular formula is C23H27Cl2N7O5. The predicted molar refractivity (Wildman–Crippen MR) is 143 cm³/mol. The molecule has 4 amide bonds. The first-order valence-corrected chi connectivity index (χ1v) is 12.5. The van der Waals surface area contributed by atoms with Crippen LogP contribution in [0.2, 0.25) is 0 Å². The fraction of sp³-hybridized carbons (Fsp3) is 0.348. The minimum absolute atomic E-state index is 0.115. The maximum atomic E-state index is 12.3. The van der Waals surface area contributed by atoms with Crippen molar-refractivity contribution >= 4 is 70.1 Å². The van der Waals surface area contributed by atoms with Crippen molar-refractivity contribution in [2.45, 2.75) is 19.9 Å². The fourth-order valence-electron chi connectivity index (χ4n) is 3.32. The highest BCUT2D eigenvalue weighted by Gasteiger charge is 2.25. The second-order valence-electron chi connectivity index (χ2n) is 7.56. The summed E-state index contributed by atoms with van der Waals surface area (Å²) in [5, 5.41) is 13.6. The molecule has 0 spiro atoms. The molecule has 1 unspecified atom stereocenters. The minimum atomic E-state index is -0.681. The number of hydrogen-bond donors (Lipinski definition) is 5. The number of carbonyl (C=O) groups excluding carboxylic acids is 3. The van der Waals surface area contributed by atoms with E-state index in [9.17, 15) is 14.4 Å².